The molecule has 1 aromatic rings. The molecule has 4 heteroatoms. The second-order valence-electron chi connectivity index (χ2n) is 3.38. The highest BCUT2D eigenvalue weighted by Gasteiger charge is 2.30. The molecule has 14 heavy (non-hydrogen) atoms. The third-order valence-electron chi connectivity index (χ3n) is 2.30. The fraction of sp³-hybridized carbons (Fsp3) is 0.500. The summed E-state index contributed by atoms with van der Waals surface area (Å²) < 4.78 is 5.53. The fourth-order valence-corrected chi connectivity index (χ4v) is 2.86. The highest BCUT2D eigenvalue weighted by molar-refractivity contribution is 7.99. The van der Waals surface area contributed by atoms with Gasteiger partial charge in [-0.3, -0.25) is 4.79 Å². The number of nitrogens with zero attached hydrogens (tertiary/aromatic N) is 1. The van der Waals surface area contributed by atoms with Crippen molar-refractivity contribution in [3.63, 3.8) is 0 Å². The molecule has 1 saturated heterocycles. The van der Waals surface area contributed by atoms with Gasteiger partial charge in [-0.2, -0.15) is 0 Å². The Balaban J connectivity index is 2.21. The fourth-order valence-electron chi connectivity index (χ4n) is 1.61. The molecule has 2 heterocycles. The van der Waals surface area contributed by atoms with Gasteiger partial charge in [0.15, 0.2) is 0 Å². The maximum absolute atomic E-state index is 11.3. The number of amides is 1. The molecule has 0 aliphatic carbocycles. The SMILES string of the molecule is CC(=O)N1CCSC1c1ccc(C)o1. The molecule has 0 spiro atoms. The standard InChI is InChI=1S/C10H13NO2S/c1-7-3-4-9(13-7)10-11(8(2)12)5-6-14-10/h3-4,10H,5-6H2,1-2H3. The van der Waals surface area contributed by atoms with Gasteiger partial charge in [0.1, 0.15) is 16.9 Å². The molecule has 0 saturated carbocycles. The Labute approximate surface area is 87.5 Å². The lowest BCUT2D eigenvalue weighted by atomic mass is 10.4. The van der Waals surface area contributed by atoms with E-state index in [0.717, 1.165) is 23.8 Å². The highest BCUT2D eigenvalue weighted by atomic mass is 32.2. The molecule has 1 atom stereocenters. The van der Waals surface area contributed by atoms with Gasteiger partial charge in [0.2, 0.25) is 5.91 Å². The molecule has 3 nitrogen and oxygen atoms in total. The second-order valence-corrected chi connectivity index (χ2v) is 4.57. The van der Waals surface area contributed by atoms with Crippen LogP contribution in [0.25, 0.3) is 0 Å². The van der Waals surface area contributed by atoms with E-state index in [0.29, 0.717) is 0 Å². The van der Waals surface area contributed by atoms with E-state index in [1.807, 2.05) is 24.0 Å². The first-order valence-corrected chi connectivity index (χ1v) is 5.68. The number of rotatable bonds is 1. The van der Waals surface area contributed by atoms with Crippen LogP contribution < -0.4 is 0 Å². The van der Waals surface area contributed by atoms with Crippen molar-refractivity contribution in [2.45, 2.75) is 19.2 Å². The molecule has 0 N–H and O–H groups in total. The van der Waals surface area contributed by atoms with Crippen molar-refractivity contribution in [3.05, 3.63) is 23.7 Å². The molecule has 1 amide bonds. The number of hydrogen-bond donors (Lipinski definition) is 0. The van der Waals surface area contributed by atoms with Gasteiger partial charge >= 0.3 is 0 Å². The Morgan fingerprint density at radius 1 is 1.64 bits per heavy atom. The van der Waals surface area contributed by atoms with Crippen LogP contribution in [0.3, 0.4) is 0 Å². The van der Waals surface area contributed by atoms with E-state index < -0.39 is 0 Å². The van der Waals surface area contributed by atoms with Gasteiger partial charge in [-0.15, -0.1) is 11.8 Å². The average Bonchev–Trinajstić information content (AvgIpc) is 2.70. The van der Waals surface area contributed by atoms with Gasteiger partial charge in [0, 0.05) is 19.2 Å². The summed E-state index contributed by atoms with van der Waals surface area (Å²) in [7, 11) is 0. The number of thioether (sulfide) groups is 1. The average molecular weight is 211 g/mol. The molecule has 1 fully saturated rings. The van der Waals surface area contributed by atoms with E-state index in [1.165, 1.54) is 0 Å². The lowest BCUT2D eigenvalue weighted by molar-refractivity contribution is -0.129. The predicted molar refractivity (Wildman–Crippen MR) is 56.0 cm³/mol. The second kappa shape index (κ2) is 3.69. The zero-order chi connectivity index (χ0) is 10.1. The van der Waals surface area contributed by atoms with Gasteiger partial charge < -0.3 is 9.32 Å². The number of carbonyl (C=O) groups excluding carboxylic acids is 1. The minimum Gasteiger partial charge on any atom is -0.463 e. The molecule has 2 rings (SSSR count). The van der Waals surface area contributed by atoms with Crippen LogP contribution in [0.1, 0.15) is 23.8 Å². The number of carbonyl (C=O) groups is 1. The monoisotopic (exact) mass is 211 g/mol. The molecule has 0 bridgehead atoms. The van der Waals surface area contributed by atoms with Gasteiger partial charge in [0.25, 0.3) is 0 Å². The maximum Gasteiger partial charge on any atom is 0.220 e. The zero-order valence-corrected chi connectivity index (χ0v) is 9.13. The van der Waals surface area contributed by atoms with E-state index in [1.54, 1.807) is 18.7 Å². The first-order valence-electron chi connectivity index (χ1n) is 4.63. The van der Waals surface area contributed by atoms with Crippen LogP contribution in [-0.2, 0) is 4.79 Å². The first-order chi connectivity index (χ1) is 6.68. The smallest absolute Gasteiger partial charge is 0.220 e. The van der Waals surface area contributed by atoms with Crippen molar-refractivity contribution in [2.75, 3.05) is 12.3 Å². The summed E-state index contributed by atoms with van der Waals surface area (Å²) >= 11 is 1.76. The summed E-state index contributed by atoms with van der Waals surface area (Å²) in [6.07, 6.45) is 0. The van der Waals surface area contributed by atoms with Gasteiger partial charge in [-0.1, -0.05) is 0 Å². The van der Waals surface area contributed by atoms with Crippen molar-refractivity contribution in [2.24, 2.45) is 0 Å². The van der Waals surface area contributed by atoms with Gasteiger partial charge in [-0.05, 0) is 19.1 Å². The van der Waals surface area contributed by atoms with E-state index in [4.69, 9.17) is 4.42 Å². The van der Waals surface area contributed by atoms with Crippen LogP contribution >= 0.6 is 11.8 Å². The predicted octanol–water partition coefficient (Wildman–Crippen LogP) is 2.18. The van der Waals surface area contributed by atoms with E-state index >= 15 is 0 Å². The Morgan fingerprint density at radius 3 is 3.00 bits per heavy atom. The van der Waals surface area contributed by atoms with Crippen LogP contribution in [0.4, 0.5) is 0 Å². The van der Waals surface area contributed by atoms with Crippen molar-refractivity contribution >= 4 is 17.7 Å². The zero-order valence-electron chi connectivity index (χ0n) is 8.32. The minimum atomic E-state index is 0.0844. The van der Waals surface area contributed by atoms with Crippen LogP contribution in [0.15, 0.2) is 16.5 Å². The lowest BCUT2D eigenvalue weighted by Crippen LogP contribution is -2.27. The van der Waals surface area contributed by atoms with Crippen LogP contribution in [0, 0.1) is 6.92 Å². The van der Waals surface area contributed by atoms with Crippen LogP contribution in [0.2, 0.25) is 0 Å². The maximum atomic E-state index is 11.3. The third kappa shape index (κ3) is 1.66. The molecule has 1 unspecified atom stereocenters. The van der Waals surface area contributed by atoms with Gasteiger partial charge in [0.05, 0.1) is 0 Å². The molecule has 1 aliphatic rings. The van der Waals surface area contributed by atoms with Crippen molar-refractivity contribution in [3.8, 4) is 0 Å². The molecule has 0 aromatic carbocycles. The quantitative estimate of drug-likeness (QED) is 0.714. The number of aryl methyl sites for hydroxylation is 1. The normalized spacial score (nSPS) is 21.6. The molecular formula is C10H13NO2S. The van der Waals surface area contributed by atoms with Crippen molar-refractivity contribution < 1.29 is 9.21 Å². The van der Waals surface area contributed by atoms with Crippen LogP contribution in [0.5, 0.6) is 0 Å². The van der Waals surface area contributed by atoms with E-state index in [9.17, 15) is 4.79 Å². The summed E-state index contributed by atoms with van der Waals surface area (Å²) in [5.41, 5.74) is 0. The lowest BCUT2D eigenvalue weighted by Gasteiger charge is -2.19. The highest BCUT2D eigenvalue weighted by Crippen LogP contribution is 2.38. The molecule has 1 aliphatic heterocycles. The Kier molecular flexibility index (Phi) is 2.54. The van der Waals surface area contributed by atoms with E-state index in [2.05, 4.69) is 0 Å². The largest absolute Gasteiger partial charge is 0.463 e. The molecule has 76 valence electrons. The summed E-state index contributed by atoms with van der Waals surface area (Å²) in [6, 6.07) is 3.89. The minimum absolute atomic E-state index is 0.0844. The number of hydrogen-bond acceptors (Lipinski definition) is 3. The Bertz CT molecular complexity index is 348. The van der Waals surface area contributed by atoms with E-state index in [-0.39, 0.29) is 11.3 Å². The molecule has 1 aromatic heterocycles. The summed E-state index contributed by atoms with van der Waals surface area (Å²) in [5.74, 6) is 2.90. The summed E-state index contributed by atoms with van der Waals surface area (Å²) in [6.45, 7) is 4.35. The van der Waals surface area contributed by atoms with Crippen molar-refractivity contribution in [1.82, 2.24) is 4.90 Å². The molecular weight excluding hydrogens is 198 g/mol. The molecule has 0 radical (unpaired) electrons. The number of furan rings is 1. The summed E-state index contributed by atoms with van der Waals surface area (Å²) in [4.78, 5) is 13.2. The Morgan fingerprint density at radius 2 is 2.43 bits per heavy atom. The summed E-state index contributed by atoms with van der Waals surface area (Å²) in [5, 5.41) is 0.0844. The topological polar surface area (TPSA) is 33.5 Å². The Hall–Kier alpha value is -0.900. The first kappa shape index (κ1) is 9.65. The third-order valence-corrected chi connectivity index (χ3v) is 3.52. The van der Waals surface area contributed by atoms with Crippen molar-refractivity contribution in [1.29, 1.82) is 0 Å². The van der Waals surface area contributed by atoms with Gasteiger partial charge in [-0.25, -0.2) is 0 Å². The van der Waals surface area contributed by atoms with Crippen LogP contribution in [-0.4, -0.2) is 23.1 Å².